The molecular weight excluding hydrogens is 216 g/mol. The van der Waals surface area contributed by atoms with Crippen LogP contribution < -0.4 is 0 Å². The summed E-state index contributed by atoms with van der Waals surface area (Å²) in [6.45, 7) is 1.67. The smallest absolute Gasteiger partial charge is 0.310 e. The number of aromatic nitrogens is 2. The van der Waals surface area contributed by atoms with Gasteiger partial charge in [-0.3, -0.25) is 4.79 Å². The van der Waals surface area contributed by atoms with E-state index < -0.39 is 11.9 Å². The summed E-state index contributed by atoms with van der Waals surface area (Å²) in [7, 11) is 0. The predicted molar refractivity (Wildman–Crippen MR) is 59.4 cm³/mol. The second-order valence-corrected chi connectivity index (χ2v) is 3.24. The molecule has 1 aromatic carbocycles. The summed E-state index contributed by atoms with van der Waals surface area (Å²) in [5.41, 5.74) is 2.51. The lowest BCUT2D eigenvalue weighted by atomic mass is 10.0. The first kappa shape index (κ1) is 11.5. The Balaban J connectivity index is 0.00000112. The molecule has 2 rings (SSSR count). The minimum Gasteiger partial charge on any atom is -0.481 e. The van der Waals surface area contributed by atoms with Crippen LogP contribution in [0.25, 0.3) is 11.0 Å². The zero-order valence-electron chi connectivity index (χ0n) is 8.10. The Hall–Kier alpha value is -1.55. The van der Waals surface area contributed by atoms with Crippen molar-refractivity contribution < 1.29 is 9.90 Å². The highest BCUT2D eigenvalue weighted by molar-refractivity contribution is 5.85. The molecule has 80 valence electrons. The molecule has 1 heterocycles. The topological polar surface area (TPSA) is 66.0 Å². The summed E-state index contributed by atoms with van der Waals surface area (Å²) < 4.78 is 0. The molecule has 5 heteroatoms. The molecule has 0 amide bonds. The number of rotatable bonds is 2. The average molecular weight is 227 g/mol. The minimum atomic E-state index is -0.816. The first-order valence-electron chi connectivity index (χ1n) is 4.34. The quantitative estimate of drug-likeness (QED) is 0.825. The molecule has 15 heavy (non-hydrogen) atoms. The van der Waals surface area contributed by atoms with Gasteiger partial charge < -0.3 is 10.1 Å². The molecule has 4 nitrogen and oxygen atoms in total. The van der Waals surface area contributed by atoms with Crippen LogP contribution in [0.5, 0.6) is 0 Å². The number of H-pyrrole nitrogens is 1. The van der Waals surface area contributed by atoms with E-state index in [0.29, 0.717) is 0 Å². The van der Waals surface area contributed by atoms with Crippen LogP contribution >= 0.6 is 12.4 Å². The predicted octanol–water partition coefficient (Wildman–Crippen LogP) is 2.17. The Bertz CT molecular complexity index is 481. The number of hydrogen-bond donors (Lipinski definition) is 2. The van der Waals surface area contributed by atoms with E-state index in [1.807, 2.05) is 12.1 Å². The van der Waals surface area contributed by atoms with Crippen molar-refractivity contribution in [3.8, 4) is 0 Å². The number of carbonyl (C=O) groups is 1. The Kier molecular flexibility index (Phi) is 3.31. The van der Waals surface area contributed by atoms with Gasteiger partial charge >= 0.3 is 5.97 Å². The van der Waals surface area contributed by atoms with Crippen molar-refractivity contribution in [1.29, 1.82) is 0 Å². The number of carboxylic acid groups (broad SMARTS) is 1. The van der Waals surface area contributed by atoms with Gasteiger partial charge in [-0.25, -0.2) is 4.98 Å². The van der Waals surface area contributed by atoms with Gasteiger partial charge in [-0.1, -0.05) is 6.07 Å². The molecule has 0 bridgehead atoms. The van der Waals surface area contributed by atoms with E-state index in [1.165, 1.54) is 0 Å². The normalized spacial score (nSPS) is 12.1. The molecule has 0 spiro atoms. The van der Waals surface area contributed by atoms with Crippen LogP contribution in [-0.4, -0.2) is 21.0 Å². The summed E-state index contributed by atoms with van der Waals surface area (Å²) in [5, 5.41) is 8.83. The second kappa shape index (κ2) is 4.31. The van der Waals surface area contributed by atoms with Gasteiger partial charge in [-0.2, -0.15) is 0 Å². The van der Waals surface area contributed by atoms with Crippen LogP contribution in [-0.2, 0) is 4.79 Å². The van der Waals surface area contributed by atoms with Crippen molar-refractivity contribution in [2.75, 3.05) is 0 Å². The number of carboxylic acids is 1. The van der Waals surface area contributed by atoms with Crippen LogP contribution in [0.3, 0.4) is 0 Å². The number of aromatic amines is 1. The van der Waals surface area contributed by atoms with Gasteiger partial charge in [0, 0.05) is 0 Å². The zero-order valence-corrected chi connectivity index (χ0v) is 8.91. The third-order valence-electron chi connectivity index (χ3n) is 2.31. The van der Waals surface area contributed by atoms with Crippen LogP contribution in [0.1, 0.15) is 18.4 Å². The summed E-state index contributed by atoms with van der Waals surface area (Å²) in [6, 6.07) is 5.43. The number of nitrogens with one attached hydrogen (secondary N) is 1. The summed E-state index contributed by atoms with van der Waals surface area (Å²) in [5.74, 6) is -1.30. The maximum Gasteiger partial charge on any atom is 0.310 e. The molecule has 1 atom stereocenters. The van der Waals surface area contributed by atoms with E-state index in [4.69, 9.17) is 5.11 Å². The van der Waals surface area contributed by atoms with Gasteiger partial charge in [-0.15, -0.1) is 12.4 Å². The number of imidazole rings is 1. The van der Waals surface area contributed by atoms with Gasteiger partial charge in [0.15, 0.2) is 0 Å². The fourth-order valence-corrected chi connectivity index (χ4v) is 1.37. The van der Waals surface area contributed by atoms with Crippen molar-refractivity contribution in [3.05, 3.63) is 30.1 Å². The highest BCUT2D eigenvalue weighted by Gasteiger charge is 2.13. The highest BCUT2D eigenvalue weighted by Crippen LogP contribution is 2.19. The maximum atomic E-state index is 10.7. The molecule has 0 saturated heterocycles. The largest absolute Gasteiger partial charge is 0.481 e. The van der Waals surface area contributed by atoms with E-state index >= 15 is 0 Å². The number of hydrogen-bond acceptors (Lipinski definition) is 2. The Morgan fingerprint density at radius 3 is 2.93 bits per heavy atom. The van der Waals surface area contributed by atoms with E-state index in [1.54, 1.807) is 19.3 Å². The standard InChI is InChI=1S/C10H10N2O2.ClH/c1-6(10(13)14)7-2-3-8-9(4-7)12-5-11-8;/h2-6H,1H3,(H,11,12)(H,13,14);1H. The molecule has 1 unspecified atom stereocenters. The number of aliphatic carboxylic acids is 1. The first-order chi connectivity index (χ1) is 6.68. The van der Waals surface area contributed by atoms with E-state index in [0.717, 1.165) is 16.6 Å². The van der Waals surface area contributed by atoms with Gasteiger partial charge in [0.25, 0.3) is 0 Å². The lowest BCUT2D eigenvalue weighted by Crippen LogP contribution is -2.06. The monoisotopic (exact) mass is 226 g/mol. The number of benzene rings is 1. The van der Waals surface area contributed by atoms with E-state index in [-0.39, 0.29) is 12.4 Å². The van der Waals surface area contributed by atoms with Gasteiger partial charge in [0.1, 0.15) is 0 Å². The number of halogens is 1. The van der Waals surface area contributed by atoms with Crippen molar-refractivity contribution in [1.82, 2.24) is 9.97 Å². The number of fused-ring (bicyclic) bond motifs is 1. The molecule has 0 radical (unpaired) electrons. The second-order valence-electron chi connectivity index (χ2n) is 3.24. The molecule has 0 saturated carbocycles. The average Bonchev–Trinajstić information content (AvgIpc) is 2.62. The van der Waals surface area contributed by atoms with E-state index in [9.17, 15) is 4.79 Å². The van der Waals surface area contributed by atoms with Crippen LogP contribution in [0, 0.1) is 0 Å². The SMILES string of the molecule is CC(C(=O)O)c1ccc2nc[nH]c2c1.Cl. The van der Waals surface area contributed by atoms with Gasteiger partial charge in [0.2, 0.25) is 0 Å². The molecule has 1 aromatic heterocycles. The lowest BCUT2D eigenvalue weighted by Gasteiger charge is -2.05. The van der Waals surface area contributed by atoms with Crippen molar-refractivity contribution >= 4 is 29.4 Å². The molecule has 2 N–H and O–H groups in total. The summed E-state index contributed by atoms with van der Waals surface area (Å²) in [4.78, 5) is 17.8. The highest BCUT2D eigenvalue weighted by atomic mass is 35.5. The first-order valence-corrected chi connectivity index (χ1v) is 4.34. The Morgan fingerprint density at radius 2 is 2.27 bits per heavy atom. The molecular formula is C10H11ClN2O2. The fraction of sp³-hybridized carbons (Fsp3) is 0.200. The Labute approximate surface area is 92.7 Å². The number of nitrogens with zero attached hydrogens (tertiary/aromatic N) is 1. The maximum absolute atomic E-state index is 10.7. The van der Waals surface area contributed by atoms with Crippen molar-refractivity contribution in [2.24, 2.45) is 0 Å². The molecule has 0 aliphatic heterocycles. The molecule has 0 aliphatic carbocycles. The fourth-order valence-electron chi connectivity index (χ4n) is 1.37. The molecule has 2 aromatic rings. The van der Waals surface area contributed by atoms with Crippen LogP contribution in [0.2, 0.25) is 0 Å². The third kappa shape index (κ3) is 2.10. The van der Waals surface area contributed by atoms with Crippen LogP contribution in [0.4, 0.5) is 0 Å². The Morgan fingerprint density at radius 1 is 1.53 bits per heavy atom. The minimum absolute atomic E-state index is 0. The van der Waals surface area contributed by atoms with Crippen molar-refractivity contribution in [3.63, 3.8) is 0 Å². The summed E-state index contributed by atoms with van der Waals surface area (Å²) >= 11 is 0. The summed E-state index contributed by atoms with van der Waals surface area (Å²) in [6.07, 6.45) is 1.60. The van der Waals surface area contributed by atoms with Crippen molar-refractivity contribution in [2.45, 2.75) is 12.8 Å². The molecule has 0 fully saturated rings. The van der Waals surface area contributed by atoms with Crippen LogP contribution in [0.15, 0.2) is 24.5 Å². The lowest BCUT2D eigenvalue weighted by molar-refractivity contribution is -0.138. The van der Waals surface area contributed by atoms with Gasteiger partial charge in [0.05, 0.1) is 23.3 Å². The third-order valence-corrected chi connectivity index (χ3v) is 2.31. The zero-order chi connectivity index (χ0) is 10.1. The van der Waals surface area contributed by atoms with Gasteiger partial charge in [-0.05, 0) is 24.6 Å². The molecule has 0 aliphatic rings. The van der Waals surface area contributed by atoms with E-state index in [2.05, 4.69) is 9.97 Å².